The molecule has 0 unspecified atom stereocenters. The highest BCUT2D eigenvalue weighted by Gasteiger charge is 2.21. The Kier molecular flexibility index (Phi) is 6.18. The summed E-state index contributed by atoms with van der Waals surface area (Å²) < 4.78 is 13.0. The van der Waals surface area contributed by atoms with Crippen LogP contribution in [-0.2, 0) is 11.3 Å². The molecule has 1 aromatic carbocycles. The van der Waals surface area contributed by atoms with Gasteiger partial charge in [-0.05, 0) is 17.7 Å². The average molecular weight is 344 g/mol. The number of carbonyl (C=O) groups excluding carboxylic acids is 1. The third kappa shape index (κ3) is 5.37. The third-order valence-corrected chi connectivity index (χ3v) is 4.04. The van der Waals surface area contributed by atoms with Crippen LogP contribution in [0.4, 0.5) is 9.18 Å². The molecule has 0 aliphatic carbocycles. The highest BCUT2D eigenvalue weighted by atomic mass is 35.5. The van der Waals surface area contributed by atoms with E-state index in [1.165, 1.54) is 12.1 Å². The maximum absolute atomic E-state index is 13.0. The number of halogens is 2. The number of nitrogens with zero attached hydrogens (tertiary/aromatic N) is 2. The minimum Gasteiger partial charge on any atom is -0.481 e. The van der Waals surface area contributed by atoms with Gasteiger partial charge in [0.1, 0.15) is 5.82 Å². The van der Waals surface area contributed by atoms with Crippen molar-refractivity contribution in [2.45, 2.75) is 13.0 Å². The summed E-state index contributed by atoms with van der Waals surface area (Å²) in [4.78, 5) is 26.1. The van der Waals surface area contributed by atoms with Gasteiger partial charge < -0.3 is 15.3 Å². The predicted molar refractivity (Wildman–Crippen MR) is 83.9 cm³/mol. The monoisotopic (exact) mass is 343 g/mol. The number of rotatable bonds is 5. The molecule has 1 saturated heterocycles. The number of carbonyl (C=O) groups is 2. The fourth-order valence-electron chi connectivity index (χ4n) is 2.39. The molecule has 6 nitrogen and oxygen atoms in total. The molecule has 23 heavy (non-hydrogen) atoms. The van der Waals surface area contributed by atoms with Gasteiger partial charge in [-0.2, -0.15) is 0 Å². The second-order valence-corrected chi connectivity index (χ2v) is 5.78. The molecule has 1 fully saturated rings. The van der Waals surface area contributed by atoms with Crippen LogP contribution in [0.2, 0.25) is 5.02 Å². The molecule has 1 aromatic rings. The lowest BCUT2D eigenvalue weighted by Crippen LogP contribution is -2.51. The van der Waals surface area contributed by atoms with E-state index >= 15 is 0 Å². The van der Waals surface area contributed by atoms with E-state index in [0.29, 0.717) is 37.7 Å². The average Bonchev–Trinajstić information content (AvgIpc) is 2.50. The molecule has 0 spiro atoms. The van der Waals surface area contributed by atoms with Crippen molar-refractivity contribution in [3.8, 4) is 0 Å². The Morgan fingerprint density at radius 1 is 1.26 bits per heavy atom. The molecular weight excluding hydrogens is 325 g/mol. The van der Waals surface area contributed by atoms with Gasteiger partial charge in [-0.1, -0.05) is 17.7 Å². The Bertz CT molecular complexity index is 577. The van der Waals surface area contributed by atoms with Crippen molar-refractivity contribution in [1.29, 1.82) is 0 Å². The van der Waals surface area contributed by atoms with Gasteiger partial charge in [0.25, 0.3) is 0 Å². The number of nitrogens with one attached hydrogen (secondary N) is 1. The summed E-state index contributed by atoms with van der Waals surface area (Å²) in [5, 5.41) is 11.5. The van der Waals surface area contributed by atoms with E-state index in [9.17, 15) is 14.0 Å². The lowest BCUT2D eigenvalue weighted by atomic mass is 10.2. The Labute approximate surface area is 138 Å². The highest BCUT2D eigenvalue weighted by molar-refractivity contribution is 6.31. The maximum Gasteiger partial charge on any atom is 0.317 e. The zero-order valence-electron chi connectivity index (χ0n) is 12.6. The normalized spacial score (nSPS) is 15.5. The molecule has 1 aliphatic heterocycles. The quantitative estimate of drug-likeness (QED) is 0.854. The first kappa shape index (κ1) is 17.5. The maximum atomic E-state index is 13.0. The summed E-state index contributed by atoms with van der Waals surface area (Å²) in [7, 11) is 0. The number of aliphatic carboxylic acids is 1. The lowest BCUT2D eigenvalue weighted by molar-refractivity contribution is -0.136. The standard InChI is InChI=1S/C15H19ClFN3O3/c16-13-9-12(17)2-1-11(13)10-19-5-7-20(8-6-19)15(23)18-4-3-14(21)22/h1-2,9H,3-8,10H2,(H,18,23)(H,21,22). The Morgan fingerprint density at radius 2 is 1.96 bits per heavy atom. The fourth-order valence-corrected chi connectivity index (χ4v) is 2.62. The first-order valence-corrected chi connectivity index (χ1v) is 7.74. The molecule has 0 saturated carbocycles. The summed E-state index contributed by atoms with van der Waals surface area (Å²) in [6, 6.07) is 4.10. The van der Waals surface area contributed by atoms with Crippen molar-refractivity contribution in [1.82, 2.24) is 15.1 Å². The van der Waals surface area contributed by atoms with E-state index < -0.39 is 5.97 Å². The number of hydrogen-bond acceptors (Lipinski definition) is 3. The number of hydrogen-bond donors (Lipinski definition) is 2. The van der Waals surface area contributed by atoms with Gasteiger partial charge in [0.15, 0.2) is 0 Å². The number of carboxylic acids is 1. The van der Waals surface area contributed by atoms with Crippen LogP contribution in [0.25, 0.3) is 0 Å². The third-order valence-electron chi connectivity index (χ3n) is 3.68. The fraction of sp³-hybridized carbons (Fsp3) is 0.467. The van der Waals surface area contributed by atoms with Crippen LogP contribution in [0, 0.1) is 5.82 Å². The number of benzene rings is 1. The molecule has 126 valence electrons. The van der Waals surface area contributed by atoms with Gasteiger partial charge in [-0.15, -0.1) is 0 Å². The van der Waals surface area contributed by atoms with Crippen molar-refractivity contribution in [3.63, 3.8) is 0 Å². The predicted octanol–water partition coefficient (Wildman–Crippen LogP) is 1.78. The summed E-state index contributed by atoms with van der Waals surface area (Å²) in [5.74, 6) is -1.30. The molecule has 1 aliphatic rings. The van der Waals surface area contributed by atoms with Crippen LogP contribution < -0.4 is 5.32 Å². The van der Waals surface area contributed by atoms with Crippen LogP contribution in [0.5, 0.6) is 0 Å². The largest absolute Gasteiger partial charge is 0.481 e. The Morgan fingerprint density at radius 3 is 2.57 bits per heavy atom. The summed E-state index contributed by atoms with van der Waals surface area (Å²) in [5.41, 5.74) is 0.854. The zero-order chi connectivity index (χ0) is 16.8. The molecule has 1 heterocycles. The van der Waals surface area contributed by atoms with E-state index in [2.05, 4.69) is 10.2 Å². The molecule has 8 heteroatoms. The van der Waals surface area contributed by atoms with Gasteiger partial charge in [0.05, 0.1) is 6.42 Å². The van der Waals surface area contributed by atoms with Gasteiger partial charge in [-0.25, -0.2) is 9.18 Å². The summed E-state index contributed by atoms with van der Waals surface area (Å²) >= 11 is 6.02. The van der Waals surface area contributed by atoms with Crippen LogP contribution in [-0.4, -0.2) is 59.6 Å². The SMILES string of the molecule is O=C(O)CCNC(=O)N1CCN(Cc2ccc(F)cc2Cl)CC1. The molecule has 2 N–H and O–H groups in total. The second-order valence-electron chi connectivity index (χ2n) is 5.37. The van der Waals surface area contributed by atoms with Crippen LogP contribution in [0.3, 0.4) is 0 Å². The number of carboxylic acid groups (broad SMARTS) is 1. The van der Waals surface area contributed by atoms with Gasteiger partial charge in [0, 0.05) is 44.3 Å². The Hall–Kier alpha value is -1.86. The van der Waals surface area contributed by atoms with E-state index in [-0.39, 0.29) is 24.8 Å². The van der Waals surface area contributed by atoms with Crippen molar-refractivity contribution in [2.24, 2.45) is 0 Å². The van der Waals surface area contributed by atoms with Gasteiger partial charge >= 0.3 is 12.0 Å². The minimum absolute atomic E-state index is 0.0885. The van der Waals surface area contributed by atoms with Crippen molar-refractivity contribution >= 4 is 23.6 Å². The van der Waals surface area contributed by atoms with Gasteiger partial charge in [-0.3, -0.25) is 9.69 Å². The zero-order valence-corrected chi connectivity index (χ0v) is 13.4. The van der Waals surface area contributed by atoms with E-state index in [4.69, 9.17) is 16.7 Å². The van der Waals surface area contributed by atoms with Crippen molar-refractivity contribution in [2.75, 3.05) is 32.7 Å². The number of urea groups is 1. The smallest absolute Gasteiger partial charge is 0.317 e. The molecular formula is C15H19ClFN3O3. The summed E-state index contributed by atoms with van der Waals surface area (Å²) in [6.07, 6.45) is -0.0885. The van der Waals surface area contributed by atoms with E-state index in [1.807, 2.05) is 0 Å². The van der Waals surface area contributed by atoms with Crippen molar-refractivity contribution < 1.29 is 19.1 Å². The first-order chi connectivity index (χ1) is 11.0. The van der Waals surface area contributed by atoms with Crippen LogP contribution in [0.15, 0.2) is 18.2 Å². The lowest BCUT2D eigenvalue weighted by Gasteiger charge is -2.34. The summed E-state index contributed by atoms with van der Waals surface area (Å²) in [6.45, 7) is 3.20. The topological polar surface area (TPSA) is 72.9 Å². The number of amides is 2. The second kappa shape index (κ2) is 8.12. The highest BCUT2D eigenvalue weighted by Crippen LogP contribution is 2.19. The first-order valence-electron chi connectivity index (χ1n) is 7.36. The van der Waals surface area contributed by atoms with E-state index in [1.54, 1.807) is 11.0 Å². The van der Waals surface area contributed by atoms with Crippen LogP contribution >= 0.6 is 11.6 Å². The molecule has 0 aromatic heterocycles. The molecule has 0 atom stereocenters. The molecule has 2 rings (SSSR count). The van der Waals surface area contributed by atoms with E-state index in [0.717, 1.165) is 5.56 Å². The molecule has 2 amide bonds. The van der Waals surface area contributed by atoms with Crippen molar-refractivity contribution in [3.05, 3.63) is 34.6 Å². The molecule has 0 radical (unpaired) electrons. The Balaban J connectivity index is 1.77. The van der Waals surface area contributed by atoms with Crippen LogP contribution in [0.1, 0.15) is 12.0 Å². The van der Waals surface area contributed by atoms with Gasteiger partial charge in [0.2, 0.25) is 0 Å². The number of piperazine rings is 1. The molecule has 0 bridgehead atoms. The minimum atomic E-state index is -0.939.